The molecule has 1 aromatic carbocycles. The lowest BCUT2D eigenvalue weighted by molar-refractivity contribution is -0.133. The Morgan fingerprint density at radius 2 is 1.93 bits per heavy atom. The van der Waals surface area contributed by atoms with Crippen molar-refractivity contribution in [3.8, 4) is 0 Å². The Hall–Kier alpha value is -0.730. The van der Waals surface area contributed by atoms with E-state index in [4.69, 9.17) is 23.2 Å². The highest BCUT2D eigenvalue weighted by atomic mass is 127. The lowest BCUT2D eigenvalue weighted by Gasteiger charge is -2.22. The number of hydrogen-bond donors (Lipinski definition) is 2. The Balaban J connectivity index is 0.00000364. The van der Waals surface area contributed by atoms with Crippen molar-refractivity contribution >= 4 is 59.0 Å². The molecule has 2 atom stereocenters. The highest BCUT2D eigenvalue weighted by Gasteiger charge is 2.28. The van der Waals surface area contributed by atoms with Crippen molar-refractivity contribution in [1.82, 2.24) is 15.5 Å². The molecule has 5 nitrogen and oxygen atoms in total. The summed E-state index contributed by atoms with van der Waals surface area (Å²) in [6.45, 7) is 8.10. The molecule has 1 amide bonds. The fraction of sp³-hybridized carbons (Fsp3) is 0.579. The van der Waals surface area contributed by atoms with E-state index >= 15 is 0 Å². The standard InChI is InChI=1S/C19H28Cl2N4O.HI/c1-12(2)18(26)25-9-8-14(11-25)24-19(22-4)23-10-13(3)17-15(20)6-5-7-16(17)21;/h5-7,12-14H,8-11H2,1-4H3,(H2,22,23,24);1H. The summed E-state index contributed by atoms with van der Waals surface area (Å²) in [6, 6.07) is 5.76. The Labute approximate surface area is 189 Å². The number of rotatable bonds is 5. The van der Waals surface area contributed by atoms with Crippen LogP contribution in [0.25, 0.3) is 0 Å². The summed E-state index contributed by atoms with van der Waals surface area (Å²) in [5.41, 5.74) is 0.938. The zero-order chi connectivity index (χ0) is 19.3. The first-order valence-corrected chi connectivity index (χ1v) is 9.79. The van der Waals surface area contributed by atoms with Crippen LogP contribution < -0.4 is 10.6 Å². The third-order valence-corrected chi connectivity index (χ3v) is 5.29. The number of aliphatic imine (C=N–C) groups is 1. The molecule has 1 heterocycles. The summed E-state index contributed by atoms with van der Waals surface area (Å²) in [5.74, 6) is 1.10. The van der Waals surface area contributed by atoms with Crippen molar-refractivity contribution in [2.24, 2.45) is 10.9 Å². The summed E-state index contributed by atoms with van der Waals surface area (Å²) >= 11 is 12.6. The van der Waals surface area contributed by atoms with Crippen LogP contribution >= 0.6 is 47.2 Å². The van der Waals surface area contributed by atoms with E-state index in [-0.39, 0.29) is 47.8 Å². The van der Waals surface area contributed by atoms with Gasteiger partial charge in [-0.05, 0) is 24.1 Å². The zero-order valence-electron chi connectivity index (χ0n) is 16.3. The molecule has 2 N–H and O–H groups in total. The van der Waals surface area contributed by atoms with Gasteiger partial charge in [0.25, 0.3) is 0 Å². The van der Waals surface area contributed by atoms with E-state index < -0.39 is 0 Å². The number of nitrogens with zero attached hydrogens (tertiary/aromatic N) is 2. The number of benzene rings is 1. The number of nitrogens with one attached hydrogen (secondary N) is 2. The van der Waals surface area contributed by atoms with Crippen molar-refractivity contribution in [2.45, 2.75) is 39.2 Å². The third-order valence-electron chi connectivity index (χ3n) is 4.63. The number of amides is 1. The van der Waals surface area contributed by atoms with E-state index in [2.05, 4.69) is 22.5 Å². The molecule has 1 aliphatic rings. The number of hydrogen-bond acceptors (Lipinski definition) is 2. The van der Waals surface area contributed by atoms with Crippen molar-refractivity contribution in [2.75, 3.05) is 26.7 Å². The predicted molar refractivity (Wildman–Crippen MR) is 125 cm³/mol. The molecule has 2 rings (SSSR count). The fourth-order valence-electron chi connectivity index (χ4n) is 3.16. The first kappa shape index (κ1) is 24.3. The number of likely N-dealkylation sites (tertiary alicyclic amines) is 1. The maximum atomic E-state index is 12.1. The van der Waals surface area contributed by atoms with Gasteiger partial charge in [0.15, 0.2) is 5.96 Å². The molecule has 1 saturated heterocycles. The van der Waals surface area contributed by atoms with E-state index in [9.17, 15) is 4.79 Å². The highest BCUT2D eigenvalue weighted by Crippen LogP contribution is 2.30. The molecule has 0 aromatic heterocycles. The second-order valence-electron chi connectivity index (χ2n) is 7.06. The first-order chi connectivity index (χ1) is 12.3. The van der Waals surface area contributed by atoms with Gasteiger partial charge in [0.2, 0.25) is 5.91 Å². The van der Waals surface area contributed by atoms with Gasteiger partial charge in [-0.25, -0.2) is 0 Å². The molecular formula is C19H29Cl2IN4O. The molecule has 0 radical (unpaired) electrons. The van der Waals surface area contributed by atoms with Gasteiger partial charge in [-0.15, -0.1) is 24.0 Å². The third kappa shape index (κ3) is 6.68. The Bertz CT molecular complexity index is 649. The number of halogens is 3. The van der Waals surface area contributed by atoms with Gasteiger partial charge in [0.1, 0.15) is 0 Å². The van der Waals surface area contributed by atoms with E-state index in [1.165, 1.54) is 0 Å². The summed E-state index contributed by atoms with van der Waals surface area (Å²) in [6.07, 6.45) is 0.922. The van der Waals surface area contributed by atoms with Crippen LogP contribution in [-0.4, -0.2) is 49.5 Å². The van der Waals surface area contributed by atoms with E-state index in [1.807, 2.05) is 36.9 Å². The monoisotopic (exact) mass is 526 g/mol. The zero-order valence-corrected chi connectivity index (χ0v) is 20.1. The SMILES string of the molecule is CN=C(NCC(C)c1c(Cl)cccc1Cl)NC1CCN(C(=O)C(C)C)C1.I. The van der Waals surface area contributed by atoms with E-state index in [1.54, 1.807) is 7.05 Å². The number of carbonyl (C=O) groups excluding carboxylic acids is 1. The molecule has 0 spiro atoms. The van der Waals surface area contributed by atoms with Gasteiger partial charge < -0.3 is 15.5 Å². The number of guanidine groups is 1. The molecular weight excluding hydrogens is 498 g/mol. The minimum absolute atomic E-state index is 0. The molecule has 1 fully saturated rings. The van der Waals surface area contributed by atoms with Crippen LogP contribution in [0.3, 0.4) is 0 Å². The van der Waals surface area contributed by atoms with Gasteiger partial charge in [0.05, 0.1) is 0 Å². The van der Waals surface area contributed by atoms with Gasteiger partial charge in [-0.2, -0.15) is 0 Å². The topological polar surface area (TPSA) is 56.7 Å². The van der Waals surface area contributed by atoms with Crippen LogP contribution in [0.2, 0.25) is 10.0 Å². The van der Waals surface area contributed by atoms with Crippen molar-refractivity contribution in [1.29, 1.82) is 0 Å². The summed E-state index contributed by atoms with van der Waals surface area (Å²) in [4.78, 5) is 18.3. The van der Waals surface area contributed by atoms with Crippen molar-refractivity contribution in [3.63, 3.8) is 0 Å². The maximum absolute atomic E-state index is 12.1. The lowest BCUT2D eigenvalue weighted by Crippen LogP contribution is -2.46. The van der Waals surface area contributed by atoms with Crippen LogP contribution in [-0.2, 0) is 4.79 Å². The number of carbonyl (C=O) groups is 1. The molecule has 0 bridgehead atoms. The molecule has 8 heteroatoms. The van der Waals surface area contributed by atoms with Crippen LogP contribution in [0.1, 0.15) is 38.7 Å². The predicted octanol–water partition coefficient (Wildman–Crippen LogP) is 4.14. The minimum Gasteiger partial charge on any atom is -0.356 e. The van der Waals surface area contributed by atoms with Gasteiger partial charge >= 0.3 is 0 Å². The van der Waals surface area contributed by atoms with Crippen LogP contribution in [0, 0.1) is 5.92 Å². The molecule has 1 aliphatic heterocycles. The molecule has 1 aromatic rings. The lowest BCUT2D eigenvalue weighted by atomic mass is 10.0. The Kier molecular flexibility index (Phi) is 10.2. The largest absolute Gasteiger partial charge is 0.356 e. The highest BCUT2D eigenvalue weighted by molar-refractivity contribution is 14.0. The van der Waals surface area contributed by atoms with Crippen LogP contribution in [0.5, 0.6) is 0 Å². The summed E-state index contributed by atoms with van der Waals surface area (Å²) in [5, 5.41) is 8.09. The molecule has 152 valence electrons. The first-order valence-electron chi connectivity index (χ1n) is 9.03. The van der Waals surface area contributed by atoms with E-state index in [0.29, 0.717) is 23.1 Å². The van der Waals surface area contributed by atoms with Gasteiger partial charge in [-0.3, -0.25) is 9.79 Å². The smallest absolute Gasteiger partial charge is 0.225 e. The quantitative estimate of drug-likeness (QED) is 0.344. The van der Waals surface area contributed by atoms with Gasteiger partial charge in [-0.1, -0.05) is 50.0 Å². The van der Waals surface area contributed by atoms with Crippen LogP contribution in [0.4, 0.5) is 0 Å². The van der Waals surface area contributed by atoms with E-state index in [0.717, 1.165) is 24.5 Å². The Morgan fingerprint density at radius 3 is 2.48 bits per heavy atom. The minimum atomic E-state index is 0. The molecule has 2 unspecified atom stereocenters. The maximum Gasteiger partial charge on any atom is 0.225 e. The summed E-state index contributed by atoms with van der Waals surface area (Å²) < 4.78 is 0. The molecule has 0 saturated carbocycles. The van der Waals surface area contributed by atoms with Crippen LogP contribution in [0.15, 0.2) is 23.2 Å². The van der Waals surface area contributed by atoms with Gasteiger partial charge in [0, 0.05) is 54.6 Å². The molecule has 0 aliphatic carbocycles. The normalized spacial score (nSPS) is 18.3. The second kappa shape index (κ2) is 11.3. The Morgan fingerprint density at radius 1 is 1.30 bits per heavy atom. The fourth-order valence-corrected chi connectivity index (χ4v) is 3.93. The second-order valence-corrected chi connectivity index (χ2v) is 7.87. The van der Waals surface area contributed by atoms with Crippen molar-refractivity contribution in [3.05, 3.63) is 33.8 Å². The molecule has 27 heavy (non-hydrogen) atoms. The average molecular weight is 527 g/mol. The van der Waals surface area contributed by atoms with Crippen molar-refractivity contribution < 1.29 is 4.79 Å². The summed E-state index contributed by atoms with van der Waals surface area (Å²) in [7, 11) is 1.74. The average Bonchev–Trinajstić information content (AvgIpc) is 3.06.